The molecule has 4 aromatic rings. The van der Waals surface area contributed by atoms with E-state index in [9.17, 15) is 9.59 Å². The van der Waals surface area contributed by atoms with Gasteiger partial charge in [-0.15, -0.1) is 11.3 Å². The molecule has 10 fully saturated rings. The van der Waals surface area contributed by atoms with Gasteiger partial charge in [0.25, 0.3) is 11.8 Å². The molecule has 18 heteroatoms. The number of ether oxygens (including phenoxy) is 5. The molecule has 2 amide bonds. The van der Waals surface area contributed by atoms with Crippen LogP contribution in [0.1, 0.15) is 94.6 Å². The minimum absolute atomic E-state index is 0.0145. The van der Waals surface area contributed by atoms with Gasteiger partial charge in [0.1, 0.15) is 22.7 Å². The van der Waals surface area contributed by atoms with Crippen molar-refractivity contribution in [2.45, 2.75) is 127 Å². The van der Waals surface area contributed by atoms with Gasteiger partial charge in [-0.25, -0.2) is 10.4 Å². The van der Waals surface area contributed by atoms with Crippen molar-refractivity contribution in [3.05, 3.63) is 52.1 Å². The van der Waals surface area contributed by atoms with Gasteiger partial charge >= 0.3 is 5.97 Å². The molecule has 0 unspecified atom stereocenters. The molecule has 3 aromatic heterocycles. The first-order chi connectivity index (χ1) is 35.3. The fourth-order valence-corrected chi connectivity index (χ4v) is 15.0. The van der Waals surface area contributed by atoms with E-state index < -0.39 is 29.1 Å². The molecule has 2 N–H and O–H groups in total. The first-order valence-corrected chi connectivity index (χ1v) is 28.1. The maximum Gasteiger partial charge on any atom is 0.325 e. The molecule has 10 bridgehead atoms. The van der Waals surface area contributed by atoms with Gasteiger partial charge in [-0.3, -0.25) is 34.2 Å². The number of nitrogens with zero attached hydrogens (tertiary/aromatic N) is 7. The lowest BCUT2D eigenvalue weighted by atomic mass is 9.71. The summed E-state index contributed by atoms with van der Waals surface area (Å²) in [6.07, 6.45) is 7.55. The summed E-state index contributed by atoms with van der Waals surface area (Å²) < 4.78 is 33.7. The lowest BCUT2D eigenvalue weighted by Crippen LogP contribution is -2.74. The molecular weight excluding hydrogens is 947 g/mol. The second-order valence-corrected chi connectivity index (χ2v) is 25.1. The zero-order chi connectivity index (χ0) is 49.5. The van der Waals surface area contributed by atoms with Gasteiger partial charge in [-0.2, -0.15) is 0 Å². The predicted octanol–water partition coefficient (Wildman–Crippen LogP) is 5.26. The monoisotopic (exact) mass is 1020 g/mol. The van der Waals surface area contributed by atoms with Crippen LogP contribution in [-0.4, -0.2) is 162 Å². The summed E-state index contributed by atoms with van der Waals surface area (Å²) in [5.41, 5.74) is 10.0. The van der Waals surface area contributed by atoms with Gasteiger partial charge in [0.05, 0.1) is 86.9 Å². The lowest BCUT2D eigenvalue weighted by molar-refractivity contribution is -0.204. The molecule has 9 aliphatic heterocycles. The minimum atomic E-state index is -1.01. The van der Waals surface area contributed by atoms with Crippen LogP contribution < -0.4 is 15.6 Å². The van der Waals surface area contributed by atoms with Crippen LogP contribution in [0.2, 0.25) is 0 Å². The van der Waals surface area contributed by atoms with Crippen molar-refractivity contribution >= 4 is 45.7 Å². The van der Waals surface area contributed by atoms with Gasteiger partial charge in [0, 0.05) is 96.1 Å². The third-order valence-electron chi connectivity index (χ3n) is 18.4. The first-order valence-electron chi connectivity index (χ1n) is 27.2. The quantitative estimate of drug-likeness (QED) is 0.249. The SMILES string of the molecule is C[C@@H]1OCCOCCn2c(c3c4cc(ccc42)-c2csc(n2)[C@@H](N2CC4(COC4)C2)[C@H](NC(=O)C24CC(C2)[C@H](C)O4)C(=O)N2N[C@H](C(=O)OCC(C)(C)C3)C3CC2C3)-c2cc(N3CCN(C4CC4)CC3)cnc21. The second-order valence-electron chi connectivity index (χ2n) is 24.2. The molecule has 16 rings (SSSR count). The number of esters is 1. The van der Waals surface area contributed by atoms with Crippen LogP contribution in [-0.2, 0) is 51.0 Å². The zero-order valence-corrected chi connectivity index (χ0v) is 43.4. The zero-order valence-electron chi connectivity index (χ0n) is 42.6. The summed E-state index contributed by atoms with van der Waals surface area (Å²) in [6, 6.07) is 7.32. The molecule has 5 atom stereocenters. The number of carbonyl (C=O) groups excluding carboxylic acids is 3. The average molecular weight is 1020 g/mol. The van der Waals surface area contributed by atoms with Crippen LogP contribution in [0.25, 0.3) is 33.4 Å². The fraction of sp³-hybridized carbons (Fsp3) is 0.655. The Bertz CT molecular complexity index is 2850. The number of benzene rings is 1. The van der Waals surface area contributed by atoms with Crippen molar-refractivity contribution in [3.8, 4) is 22.5 Å². The Kier molecular flexibility index (Phi) is 11.3. The van der Waals surface area contributed by atoms with Crippen LogP contribution in [0, 0.1) is 22.7 Å². The Morgan fingerprint density at radius 1 is 0.904 bits per heavy atom. The highest BCUT2D eigenvalue weighted by atomic mass is 32.1. The number of pyridine rings is 1. The highest BCUT2D eigenvalue weighted by Crippen LogP contribution is 2.53. The number of thiazole rings is 1. The van der Waals surface area contributed by atoms with E-state index in [1.165, 1.54) is 24.2 Å². The number of cyclic esters (lactones) is 1. The number of likely N-dealkylation sites (tertiary alicyclic amines) is 1. The van der Waals surface area contributed by atoms with E-state index >= 15 is 4.79 Å². The normalized spacial score (nSPS) is 34.0. The number of piperazine rings is 1. The first kappa shape index (κ1) is 47.0. The number of carbonyl (C=O) groups is 3. The van der Waals surface area contributed by atoms with E-state index in [0.717, 1.165) is 87.6 Å². The van der Waals surface area contributed by atoms with E-state index in [0.29, 0.717) is 90.7 Å². The summed E-state index contributed by atoms with van der Waals surface area (Å²) in [5.74, 6) is -0.541. The maximum atomic E-state index is 15.5. The van der Waals surface area contributed by atoms with Crippen molar-refractivity contribution in [3.63, 3.8) is 0 Å². The fourth-order valence-electron chi connectivity index (χ4n) is 14.0. The lowest BCUT2D eigenvalue weighted by Gasteiger charge is -2.58. The summed E-state index contributed by atoms with van der Waals surface area (Å²) in [7, 11) is 0. The smallest absolute Gasteiger partial charge is 0.325 e. The number of rotatable bonds is 5. The Morgan fingerprint density at radius 2 is 1.71 bits per heavy atom. The predicted molar refractivity (Wildman–Crippen MR) is 272 cm³/mol. The van der Waals surface area contributed by atoms with E-state index in [1.807, 2.05) is 13.1 Å². The standard InChI is InChI=1S/C55H69N9O8S/c1-31-35-21-55(22-35,72-31)52(67)58-46-48(62-26-54(27-62)29-69-30-54)49-57-42(25-73-49)33-5-8-43-39(19-33)41(23-53(3,4)28-71-51(66)45-34-17-37(18-34)64(59-45)50(46)65)47-40-20-38(61-11-9-60(10-12-61)36-6-7-36)24-56-44(40)32(2)70-16-15-68-14-13-63(43)47/h5,8,19-20,24-25,31-32,34-37,45-46,48,59H,6-7,9-18,21-23,26-30H2,1-4H3,(H,58,67)/t31-,32-,34?,35?,37?,45-,46-,48-,55?/m0/s1. The molecule has 73 heavy (non-hydrogen) atoms. The highest BCUT2D eigenvalue weighted by Gasteiger charge is 2.63. The molecule has 17 nitrogen and oxygen atoms in total. The minimum Gasteiger partial charge on any atom is -0.464 e. The molecule has 388 valence electrons. The molecule has 3 aliphatic carbocycles. The molecule has 12 heterocycles. The van der Waals surface area contributed by atoms with Gasteiger partial charge in [0.2, 0.25) is 0 Å². The molecule has 1 aromatic carbocycles. The highest BCUT2D eigenvalue weighted by molar-refractivity contribution is 7.10. The Labute approximate surface area is 430 Å². The molecule has 0 radical (unpaired) electrons. The van der Waals surface area contributed by atoms with Crippen molar-refractivity contribution in [2.75, 3.05) is 83.8 Å². The van der Waals surface area contributed by atoms with Crippen LogP contribution in [0.15, 0.2) is 35.8 Å². The molecule has 12 aliphatic rings. The number of hydrogen-bond donors (Lipinski definition) is 2. The van der Waals surface area contributed by atoms with E-state index in [1.54, 1.807) is 5.01 Å². The Balaban J connectivity index is 0.912. The largest absolute Gasteiger partial charge is 0.464 e. The Morgan fingerprint density at radius 3 is 2.45 bits per heavy atom. The van der Waals surface area contributed by atoms with Crippen LogP contribution >= 0.6 is 11.3 Å². The van der Waals surface area contributed by atoms with Crippen molar-refractivity contribution in [2.24, 2.45) is 22.7 Å². The van der Waals surface area contributed by atoms with Gasteiger partial charge in [-0.05, 0) is 94.4 Å². The summed E-state index contributed by atoms with van der Waals surface area (Å²) in [5, 5.41) is 8.91. The third kappa shape index (κ3) is 7.97. The summed E-state index contributed by atoms with van der Waals surface area (Å²) in [6.45, 7) is 17.4. The van der Waals surface area contributed by atoms with Crippen molar-refractivity contribution in [1.82, 2.24) is 40.1 Å². The van der Waals surface area contributed by atoms with Crippen LogP contribution in [0.4, 0.5) is 5.69 Å². The molecule has 7 saturated heterocycles. The topological polar surface area (TPSA) is 165 Å². The second kappa shape index (κ2) is 17.5. The van der Waals surface area contributed by atoms with Crippen molar-refractivity contribution in [1.29, 1.82) is 0 Å². The van der Waals surface area contributed by atoms with E-state index in [4.69, 9.17) is 33.7 Å². The maximum absolute atomic E-state index is 15.5. The Hall–Kier alpha value is -4.53. The molecule has 1 spiro atoms. The number of aromatic nitrogens is 3. The number of amides is 2. The van der Waals surface area contributed by atoms with Crippen LogP contribution in [0.3, 0.4) is 0 Å². The van der Waals surface area contributed by atoms with E-state index in [-0.39, 0.29) is 54.0 Å². The number of anilines is 1. The number of nitrogens with one attached hydrogen (secondary N) is 2. The summed E-state index contributed by atoms with van der Waals surface area (Å²) >= 11 is 1.53. The van der Waals surface area contributed by atoms with Gasteiger partial charge < -0.3 is 38.5 Å². The number of hydrogen-bond acceptors (Lipinski definition) is 15. The molecular formula is C55H69N9O8S. The summed E-state index contributed by atoms with van der Waals surface area (Å²) in [4.78, 5) is 62.9. The van der Waals surface area contributed by atoms with Crippen molar-refractivity contribution < 1.29 is 38.1 Å². The van der Waals surface area contributed by atoms with Crippen LogP contribution in [0.5, 0.6) is 0 Å². The molecule has 3 saturated carbocycles. The van der Waals surface area contributed by atoms with Gasteiger partial charge in [-0.1, -0.05) is 19.9 Å². The van der Waals surface area contributed by atoms with E-state index in [2.05, 4.69) is 80.4 Å². The third-order valence-corrected chi connectivity index (χ3v) is 19.3. The average Bonchev–Trinajstić information content (AvgIpc) is 3.70. The number of fused-ring (bicyclic) bond motifs is 10. The van der Waals surface area contributed by atoms with Gasteiger partial charge in [0.15, 0.2) is 0 Å². The number of hydrazine groups is 1.